The van der Waals surface area contributed by atoms with Crippen molar-refractivity contribution in [3.63, 3.8) is 0 Å². The van der Waals surface area contributed by atoms with Crippen LogP contribution >= 0.6 is 0 Å². The van der Waals surface area contributed by atoms with E-state index in [0.717, 1.165) is 11.3 Å². The monoisotopic (exact) mass is 362 g/mol. The van der Waals surface area contributed by atoms with Crippen molar-refractivity contribution in [3.05, 3.63) is 59.7 Å². The molecule has 4 rings (SSSR count). The third-order valence-corrected chi connectivity index (χ3v) is 4.37. The first-order chi connectivity index (χ1) is 13.1. The van der Waals surface area contributed by atoms with Gasteiger partial charge in [0.25, 0.3) is 5.91 Å². The lowest BCUT2D eigenvalue weighted by atomic mass is 10.2. The molecule has 0 aliphatic carbocycles. The highest BCUT2D eigenvalue weighted by Crippen LogP contribution is 2.25. The van der Waals surface area contributed by atoms with Gasteiger partial charge in [0.15, 0.2) is 5.65 Å². The van der Waals surface area contributed by atoms with Gasteiger partial charge < -0.3 is 21.6 Å². The zero-order chi connectivity index (χ0) is 19.0. The van der Waals surface area contributed by atoms with Crippen molar-refractivity contribution in [2.24, 2.45) is 0 Å². The number of hydrogen-bond donors (Lipinski definition) is 3. The molecule has 0 fully saturated rings. The number of nitrogens with zero attached hydrogens (tertiary/aromatic N) is 3. The van der Waals surface area contributed by atoms with Crippen molar-refractivity contribution in [2.45, 2.75) is 6.54 Å². The van der Waals surface area contributed by atoms with E-state index < -0.39 is 0 Å². The van der Waals surface area contributed by atoms with Crippen molar-refractivity contribution in [2.75, 3.05) is 18.7 Å². The number of nitrogen functional groups attached to an aromatic ring is 2. The Balaban J connectivity index is 1.68. The molecule has 4 aromatic rings. The lowest BCUT2D eigenvalue weighted by Gasteiger charge is -2.06. The van der Waals surface area contributed by atoms with Crippen molar-refractivity contribution in [1.29, 1.82) is 0 Å². The number of amides is 1. The van der Waals surface area contributed by atoms with Crippen LogP contribution in [0.5, 0.6) is 5.75 Å². The second-order valence-corrected chi connectivity index (χ2v) is 6.05. The number of fused-ring (bicyclic) bond motifs is 2. The van der Waals surface area contributed by atoms with Crippen LogP contribution < -0.4 is 21.6 Å². The maximum absolute atomic E-state index is 12.8. The number of nitrogens with one attached hydrogen (secondary N) is 1. The summed E-state index contributed by atoms with van der Waals surface area (Å²) in [6.45, 7) is 0.334. The molecule has 136 valence electrons. The molecular weight excluding hydrogens is 344 g/mol. The van der Waals surface area contributed by atoms with Gasteiger partial charge in [-0.3, -0.25) is 4.79 Å². The van der Waals surface area contributed by atoms with E-state index in [1.807, 2.05) is 48.5 Å². The Morgan fingerprint density at radius 1 is 1.11 bits per heavy atom. The van der Waals surface area contributed by atoms with Crippen LogP contribution in [-0.2, 0) is 6.54 Å². The van der Waals surface area contributed by atoms with E-state index in [2.05, 4.69) is 15.3 Å². The minimum absolute atomic E-state index is 0.118. The fourth-order valence-electron chi connectivity index (χ4n) is 2.92. The summed E-state index contributed by atoms with van der Waals surface area (Å²) in [4.78, 5) is 21.8. The van der Waals surface area contributed by atoms with E-state index >= 15 is 0 Å². The smallest absolute Gasteiger partial charge is 0.257 e. The zero-order valence-electron chi connectivity index (χ0n) is 14.6. The van der Waals surface area contributed by atoms with Gasteiger partial charge in [0.1, 0.15) is 22.6 Å². The molecule has 5 N–H and O–H groups in total. The highest BCUT2D eigenvalue weighted by Gasteiger charge is 2.22. The van der Waals surface area contributed by atoms with Crippen molar-refractivity contribution in [1.82, 2.24) is 20.0 Å². The van der Waals surface area contributed by atoms with Gasteiger partial charge in [-0.25, -0.2) is 14.6 Å². The number of hydrogen-bond acceptors (Lipinski definition) is 6. The van der Waals surface area contributed by atoms with Crippen molar-refractivity contribution in [3.8, 4) is 5.75 Å². The Kier molecular flexibility index (Phi) is 4.00. The SMILES string of the molecule is COc1ccc(CNC(=O)c2c(N)n(N)c3nc4ccccc4nc23)cc1. The van der Waals surface area contributed by atoms with Crippen LogP contribution in [0.4, 0.5) is 5.82 Å². The Morgan fingerprint density at radius 2 is 1.78 bits per heavy atom. The second-order valence-electron chi connectivity index (χ2n) is 6.05. The normalized spacial score (nSPS) is 11.0. The van der Waals surface area contributed by atoms with Crippen LogP contribution in [0.3, 0.4) is 0 Å². The first-order valence-corrected chi connectivity index (χ1v) is 8.31. The summed E-state index contributed by atoms with van der Waals surface area (Å²) < 4.78 is 6.32. The van der Waals surface area contributed by atoms with Gasteiger partial charge >= 0.3 is 0 Å². The number of rotatable bonds is 4. The molecule has 8 nitrogen and oxygen atoms in total. The first-order valence-electron chi connectivity index (χ1n) is 8.31. The van der Waals surface area contributed by atoms with E-state index in [-0.39, 0.29) is 17.3 Å². The largest absolute Gasteiger partial charge is 0.497 e. The van der Waals surface area contributed by atoms with E-state index in [1.165, 1.54) is 4.68 Å². The van der Waals surface area contributed by atoms with Gasteiger partial charge in [-0.15, -0.1) is 0 Å². The van der Waals surface area contributed by atoms with E-state index in [0.29, 0.717) is 28.7 Å². The van der Waals surface area contributed by atoms with Crippen molar-refractivity contribution >= 4 is 33.9 Å². The van der Waals surface area contributed by atoms with Gasteiger partial charge in [-0.2, -0.15) is 0 Å². The molecule has 0 spiro atoms. The zero-order valence-corrected chi connectivity index (χ0v) is 14.6. The molecule has 0 radical (unpaired) electrons. The highest BCUT2D eigenvalue weighted by atomic mass is 16.5. The maximum atomic E-state index is 12.8. The molecule has 0 aliphatic heterocycles. The fraction of sp³-hybridized carbons (Fsp3) is 0.105. The third-order valence-electron chi connectivity index (χ3n) is 4.37. The summed E-state index contributed by atoms with van der Waals surface area (Å²) in [5.41, 5.74) is 9.30. The van der Waals surface area contributed by atoms with Crippen LogP contribution in [-0.4, -0.2) is 27.7 Å². The predicted octanol–water partition coefficient (Wildman–Crippen LogP) is 1.82. The molecule has 0 aliphatic rings. The summed E-state index contributed by atoms with van der Waals surface area (Å²) >= 11 is 0. The molecule has 2 heterocycles. The van der Waals surface area contributed by atoms with Crippen LogP contribution in [0, 0.1) is 0 Å². The number of methoxy groups -OCH3 is 1. The van der Waals surface area contributed by atoms with E-state index in [9.17, 15) is 4.79 Å². The third kappa shape index (κ3) is 2.86. The molecule has 0 bridgehead atoms. The second kappa shape index (κ2) is 6.49. The van der Waals surface area contributed by atoms with Crippen LogP contribution in [0.2, 0.25) is 0 Å². The van der Waals surface area contributed by atoms with Gasteiger partial charge in [0, 0.05) is 6.54 Å². The molecule has 1 amide bonds. The quantitative estimate of drug-likeness (QED) is 0.476. The number of aromatic nitrogens is 3. The minimum Gasteiger partial charge on any atom is -0.497 e. The standard InChI is InChI=1S/C19H18N6O2/c1-27-12-8-6-11(7-9-12)10-22-19(26)15-16-18(25(21)17(15)20)24-14-5-3-2-4-13(14)23-16/h2-9H,10,20-21H2,1H3,(H,22,26). The Labute approximate surface area is 154 Å². The van der Waals surface area contributed by atoms with Gasteiger partial charge in [-0.05, 0) is 29.8 Å². The van der Waals surface area contributed by atoms with Gasteiger partial charge in [-0.1, -0.05) is 24.3 Å². The number of nitrogens with two attached hydrogens (primary N) is 2. The molecule has 0 saturated carbocycles. The van der Waals surface area contributed by atoms with E-state index in [4.69, 9.17) is 16.3 Å². The predicted molar refractivity (Wildman–Crippen MR) is 104 cm³/mol. The Bertz CT molecular complexity index is 1150. The average molecular weight is 362 g/mol. The number of benzene rings is 2. The summed E-state index contributed by atoms with van der Waals surface area (Å²) in [5.74, 6) is 6.51. The van der Waals surface area contributed by atoms with Gasteiger partial charge in [0.2, 0.25) is 0 Å². The molecule has 2 aromatic carbocycles. The minimum atomic E-state index is -0.359. The first kappa shape index (κ1) is 16.6. The number of carbonyl (C=O) groups excluding carboxylic acids is 1. The van der Waals surface area contributed by atoms with Crippen LogP contribution in [0.15, 0.2) is 48.5 Å². The topological polar surface area (TPSA) is 121 Å². The van der Waals surface area contributed by atoms with Gasteiger partial charge in [0.05, 0.1) is 18.1 Å². The number of anilines is 1. The summed E-state index contributed by atoms with van der Waals surface area (Å²) in [6, 6.07) is 14.8. The molecular formula is C19H18N6O2. The summed E-state index contributed by atoms with van der Waals surface area (Å²) in [5, 5.41) is 2.85. The molecule has 8 heteroatoms. The Hall–Kier alpha value is -3.81. The molecule has 0 atom stereocenters. The average Bonchev–Trinajstić information content (AvgIpc) is 2.95. The molecule has 2 aromatic heterocycles. The van der Waals surface area contributed by atoms with E-state index in [1.54, 1.807) is 7.11 Å². The highest BCUT2D eigenvalue weighted by molar-refractivity contribution is 6.10. The number of ether oxygens (including phenoxy) is 1. The van der Waals surface area contributed by atoms with Crippen LogP contribution in [0.1, 0.15) is 15.9 Å². The maximum Gasteiger partial charge on any atom is 0.257 e. The number of carbonyl (C=O) groups is 1. The summed E-state index contributed by atoms with van der Waals surface area (Å²) in [6.07, 6.45) is 0. The fourth-order valence-corrected chi connectivity index (χ4v) is 2.92. The molecule has 0 saturated heterocycles. The number of para-hydroxylation sites is 2. The van der Waals surface area contributed by atoms with Crippen molar-refractivity contribution < 1.29 is 9.53 Å². The molecule has 27 heavy (non-hydrogen) atoms. The lowest BCUT2D eigenvalue weighted by molar-refractivity contribution is 0.0953. The van der Waals surface area contributed by atoms with Crippen LogP contribution in [0.25, 0.3) is 22.2 Å². The summed E-state index contributed by atoms with van der Waals surface area (Å²) in [7, 11) is 1.60. The molecule has 0 unspecified atom stereocenters. The Morgan fingerprint density at radius 3 is 2.44 bits per heavy atom. The lowest BCUT2D eigenvalue weighted by Crippen LogP contribution is -2.24.